The Morgan fingerprint density at radius 2 is 1.65 bits per heavy atom. The number of carbonyl (C=O) groups excluding carboxylic acids is 2. The van der Waals surface area contributed by atoms with Crippen LogP contribution in [0.5, 0.6) is 0 Å². The Bertz CT molecular complexity index is 1460. The van der Waals surface area contributed by atoms with Crippen molar-refractivity contribution in [3.05, 3.63) is 119 Å². The molecule has 1 aliphatic rings. The van der Waals surface area contributed by atoms with Crippen molar-refractivity contribution in [1.29, 1.82) is 0 Å². The van der Waals surface area contributed by atoms with Crippen LogP contribution >= 0.6 is 0 Å². The van der Waals surface area contributed by atoms with E-state index in [4.69, 9.17) is 4.74 Å². The zero-order valence-electron chi connectivity index (χ0n) is 21.2. The van der Waals surface area contributed by atoms with Gasteiger partial charge in [0.05, 0.1) is 11.2 Å². The molecule has 0 saturated heterocycles. The number of benzene rings is 4. The molecular formula is C32H31NO4. The van der Waals surface area contributed by atoms with E-state index in [0.29, 0.717) is 29.5 Å². The molecule has 1 heterocycles. The van der Waals surface area contributed by atoms with Gasteiger partial charge in [-0.05, 0) is 51.9 Å². The fourth-order valence-electron chi connectivity index (χ4n) is 5.35. The number of ether oxygens (including phenoxy) is 1. The van der Waals surface area contributed by atoms with Crippen molar-refractivity contribution in [2.24, 2.45) is 0 Å². The van der Waals surface area contributed by atoms with Gasteiger partial charge < -0.3 is 15.2 Å². The highest BCUT2D eigenvalue weighted by Crippen LogP contribution is 2.34. The monoisotopic (exact) mass is 493 g/mol. The Morgan fingerprint density at radius 3 is 2.43 bits per heavy atom. The second kappa shape index (κ2) is 9.83. The molecule has 37 heavy (non-hydrogen) atoms. The maximum atomic E-state index is 13.1. The summed E-state index contributed by atoms with van der Waals surface area (Å²) in [6.45, 7) is 4.49. The number of amides is 1. The summed E-state index contributed by atoms with van der Waals surface area (Å²) in [5.41, 5.74) is 2.24. The molecule has 2 N–H and O–H groups in total. The third-order valence-electron chi connectivity index (χ3n) is 7.20. The van der Waals surface area contributed by atoms with E-state index >= 15 is 0 Å². The van der Waals surface area contributed by atoms with Gasteiger partial charge in [-0.1, -0.05) is 86.6 Å². The van der Waals surface area contributed by atoms with Crippen LogP contribution in [-0.2, 0) is 23.2 Å². The first-order valence-corrected chi connectivity index (χ1v) is 12.6. The molecule has 5 rings (SSSR count). The summed E-state index contributed by atoms with van der Waals surface area (Å²) in [7, 11) is 0. The number of esters is 1. The number of aliphatic hydroxyl groups is 1. The highest BCUT2D eigenvalue weighted by Gasteiger charge is 2.36. The van der Waals surface area contributed by atoms with Crippen LogP contribution in [0.4, 0.5) is 0 Å². The molecule has 1 atom stereocenters. The number of hydrogen-bond donors (Lipinski definition) is 2. The summed E-state index contributed by atoms with van der Waals surface area (Å²) in [4.78, 5) is 24.8. The zero-order chi connectivity index (χ0) is 26.0. The molecule has 5 nitrogen and oxygen atoms in total. The van der Waals surface area contributed by atoms with Gasteiger partial charge in [0.1, 0.15) is 6.61 Å². The lowest BCUT2D eigenvalue weighted by molar-refractivity contribution is 0.0136. The highest BCUT2D eigenvalue weighted by atomic mass is 16.5. The van der Waals surface area contributed by atoms with Gasteiger partial charge in [0.25, 0.3) is 5.91 Å². The first kappa shape index (κ1) is 24.7. The van der Waals surface area contributed by atoms with E-state index in [1.807, 2.05) is 36.4 Å². The molecule has 4 aromatic rings. The molecule has 4 aromatic carbocycles. The van der Waals surface area contributed by atoms with E-state index in [9.17, 15) is 14.7 Å². The van der Waals surface area contributed by atoms with Gasteiger partial charge in [-0.15, -0.1) is 0 Å². The Balaban J connectivity index is 1.40. The minimum atomic E-state index is -1.20. The van der Waals surface area contributed by atoms with Crippen molar-refractivity contribution < 1.29 is 19.4 Å². The molecule has 0 saturated carbocycles. The maximum absolute atomic E-state index is 13.1. The number of fused-ring (bicyclic) bond motifs is 2. The lowest BCUT2D eigenvalue weighted by Crippen LogP contribution is -2.48. The highest BCUT2D eigenvalue weighted by molar-refractivity contribution is 5.98. The third-order valence-corrected chi connectivity index (χ3v) is 7.20. The van der Waals surface area contributed by atoms with Gasteiger partial charge >= 0.3 is 5.97 Å². The molecule has 0 aliphatic carbocycles. The van der Waals surface area contributed by atoms with Crippen molar-refractivity contribution >= 4 is 22.6 Å². The van der Waals surface area contributed by atoms with Crippen molar-refractivity contribution in [2.45, 2.75) is 44.3 Å². The molecule has 0 aromatic heterocycles. The average Bonchev–Trinajstić information content (AvgIpc) is 3.27. The standard InChI is InChI=1S/C32H31NO4/c1-31(2,27-10-4-3-5-11-27)20-32(36,18-22-12-13-23-8-6-7-9-24(23)16-22)21-33-29(34)25-14-15-28-26(17-25)19-37-30(28)35/h3-17,36H,18-21H2,1-2H3,(H,33,34). The molecule has 0 fully saturated rings. The largest absolute Gasteiger partial charge is 0.457 e. The normalized spacial score (nSPS) is 14.6. The quantitative estimate of drug-likeness (QED) is 0.314. The van der Waals surface area contributed by atoms with Crippen LogP contribution in [0.25, 0.3) is 10.8 Å². The van der Waals surface area contributed by atoms with Crippen molar-refractivity contribution in [2.75, 3.05) is 6.54 Å². The summed E-state index contributed by atoms with van der Waals surface area (Å²) in [5.74, 6) is -0.661. The number of carbonyl (C=O) groups is 2. The Labute approximate surface area is 217 Å². The molecule has 1 unspecified atom stereocenters. The van der Waals surface area contributed by atoms with E-state index in [2.05, 4.69) is 55.6 Å². The molecule has 0 spiro atoms. The van der Waals surface area contributed by atoms with E-state index in [1.54, 1.807) is 18.2 Å². The summed E-state index contributed by atoms with van der Waals surface area (Å²) < 4.78 is 5.06. The maximum Gasteiger partial charge on any atom is 0.338 e. The lowest BCUT2D eigenvalue weighted by Gasteiger charge is -2.37. The smallest absolute Gasteiger partial charge is 0.338 e. The topological polar surface area (TPSA) is 75.6 Å². The van der Waals surface area contributed by atoms with Gasteiger partial charge in [0.15, 0.2) is 0 Å². The van der Waals surface area contributed by atoms with Crippen LogP contribution in [0.2, 0.25) is 0 Å². The minimum Gasteiger partial charge on any atom is -0.457 e. The summed E-state index contributed by atoms with van der Waals surface area (Å²) in [5, 5.41) is 17.3. The van der Waals surface area contributed by atoms with Gasteiger partial charge in [-0.3, -0.25) is 4.79 Å². The second-order valence-electron chi connectivity index (χ2n) is 10.6. The average molecular weight is 494 g/mol. The Kier molecular flexibility index (Phi) is 6.57. The van der Waals surface area contributed by atoms with Crippen LogP contribution < -0.4 is 5.32 Å². The zero-order valence-corrected chi connectivity index (χ0v) is 21.2. The van der Waals surface area contributed by atoms with Crippen LogP contribution in [-0.4, -0.2) is 29.1 Å². The fourth-order valence-corrected chi connectivity index (χ4v) is 5.35. The number of rotatable bonds is 8. The SMILES string of the molecule is CC(C)(CC(O)(CNC(=O)c1ccc2c(c1)COC2=O)Cc1ccc2ccccc2c1)c1ccccc1. The van der Waals surface area contributed by atoms with E-state index in [0.717, 1.165) is 21.9 Å². The van der Waals surface area contributed by atoms with Crippen LogP contribution in [0.15, 0.2) is 91.0 Å². The third kappa shape index (κ3) is 5.42. The van der Waals surface area contributed by atoms with Crippen molar-refractivity contribution in [3.63, 3.8) is 0 Å². The van der Waals surface area contributed by atoms with Crippen LogP contribution in [0.1, 0.15) is 57.7 Å². The van der Waals surface area contributed by atoms with Crippen molar-refractivity contribution in [1.82, 2.24) is 5.32 Å². The van der Waals surface area contributed by atoms with Gasteiger partial charge in [0.2, 0.25) is 0 Å². The second-order valence-corrected chi connectivity index (χ2v) is 10.6. The van der Waals surface area contributed by atoms with Gasteiger partial charge in [-0.25, -0.2) is 4.79 Å². The Hall–Kier alpha value is -3.96. The summed E-state index contributed by atoms with van der Waals surface area (Å²) in [6, 6.07) is 29.4. The predicted octanol–water partition coefficient (Wildman–Crippen LogP) is 5.58. The molecule has 5 heteroatoms. The molecular weight excluding hydrogens is 462 g/mol. The van der Waals surface area contributed by atoms with E-state index in [1.165, 1.54) is 0 Å². The van der Waals surface area contributed by atoms with Gasteiger partial charge in [-0.2, -0.15) is 0 Å². The summed E-state index contributed by atoms with van der Waals surface area (Å²) >= 11 is 0. The van der Waals surface area contributed by atoms with Crippen LogP contribution in [0.3, 0.4) is 0 Å². The first-order valence-electron chi connectivity index (χ1n) is 12.6. The summed E-state index contributed by atoms with van der Waals surface area (Å²) in [6.07, 6.45) is 0.838. The van der Waals surface area contributed by atoms with E-state index in [-0.39, 0.29) is 30.4 Å². The molecule has 188 valence electrons. The lowest BCUT2D eigenvalue weighted by atomic mass is 9.73. The van der Waals surface area contributed by atoms with Crippen molar-refractivity contribution in [3.8, 4) is 0 Å². The minimum absolute atomic E-state index is 0.0848. The van der Waals surface area contributed by atoms with Crippen LogP contribution in [0, 0.1) is 0 Å². The molecule has 0 bridgehead atoms. The van der Waals surface area contributed by atoms with Gasteiger partial charge in [0, 0.05) is 24.1 Å². The molecule has 0 radical (unpaired) electrons. The predicted molar refractivity (Wildman–Crippen MR) is 145 cm³/mol. The van der Waals surface area contributed by atoms with E-state index < -0.39 is 5.60 Å². The number of cyclic esters (lactones) is 1. The first-order chi connectivity index (χ1) is 17.7. The fraction of sp³-hybridized carbons (Fsp3) is 0.250. The molecule has 1 amide bonds. The Morgan fingerprint density at radius 1 is 0.919 bits per heavy atom. The number of hydrogen-bond acceptors (Lipinski definition) is 4. The number of nitrogens with one attached hydrogen (secondary N) is 1. The molecule has 1 aliphatic heterocycles.